The maximum Gasteiger partial charge on any atom is 0.161 e. The van der Waals surface area contributed by atoms with Crippen LogP contribution in [0.15, 0.2) is 18.2 Å². The summed E-state index contributed by atoms with van der Waals surface area (Å²) >= 11 is 6.34. The van der Waals surface area contributed by atoms with Crippen LogP contribution in [0.2, 0.25) is 0 Å². The van der Waals surface area contributed by atoms with E-state index in [1.54, 1.807) is 14.2 Å². The molecule has 0 spiro atoms. The number of hydrogen-bond acceptors (Lipinski definition) is 3. The molecule has 2 atom stereocenters. The molecule has 0 saturated carbocycles. The van der Waals surface area contributed by atoms with E-state index in [9.17, 15) is 0 Å². The van der Waals surface area contributed by atoms with Crippen LogP contribution in [0.5, 0.6) is 11.5 Å². The summed E-state index contributed by atoms with van der Waals surface area (Å²) in [5.41, 5.74) is 1.28. The average Bonchev–Trinajstić information content (AvgIpc) is 2.70. The zero-order chi connectivity index (χ0) is 14.1. The molecule has 1 aromatic rings. The van der Waals surface area contributed by atoms with Gasteiger partial charge in [0.1, 0.15) is 0 Å². The van der Waals surface area contributed by atoms with E-state index in [1.807, 2.05) is 6.07 Å². The molecule has 4 heteroatoms. The first-order chi connectivity index (χ1) is 9.71. The Bertz CT molecular complexity index is 466. The Morgan fingerprint density at radius 3 is 2.35 bits per heavy atom. The first-order valence-corrected chi connectivity index (χ1v) is 7.75. The molecule has 2 fully saturated rings. The molecular weight excluding hydrogens is 274 g/mol. The van der Waals surface area contributed by atoms with Crippen LogP contribution >= 0.6 is 11.6 Å². The number of benzene rings is 1. The van der Waals surface area contributed by atoms with Crippen molar-refractivity contribution in [3.8, 4) is 11.5 Å². The van der Waals surface area contributed by atoms with Crippen molar-refractivity contribution in [1.29, 1.82) is 0 Å². The van der Waals surface area contributed by atoms with Crippen LogP contribution in [0.25, 0.3) is 0 Å². The van der Waals surface area contributed by atoms with E-state index in [4.69, 9.17) is 21.1 Å². The Labute approximate surface area is 125 Å². The van der Waals surface area contributed by atoms with Crippen molar-refractivity contribution in [2.45, 2.75) is 49.7 Å². The van der Waals surface area contributed by atoms with Gasteiger partial charge in [-0.15, -0.1) is 11.6 Å². The SMILES string of the molecule is COc1ccc(CN2C3CCC2CC(Cl)C3)cc1OC. The molecule has 110 valence electrons. The van der Waals surface area contributed by atoms with Crippen LogP contribution in [0.4, 0.5) is 0 Å². The number of hydrogen-bond donors (Lipinski definition) is 0. The van der Waals surface area contributed by atoms with Gasteiger partial charge in [-0.05, 0) is 43.4 Å². The fourth-order valence-corrected chi connectivity index (χ4v) is 4.07. The fourth-order valence-electron chi connectivity index (χ4n) is 3.66. The summed E-state index contributed by atoms with van der Waals surface area (Å²) in [6, 6.07) is 7.52. The number of piperidine rings is 1. The molecule has 3 nitrogen and oxygen atoms in total. The van der Waals surface area contributed by atoms with Crippen molar-refractivity contribution in [3.63, 3.8) is 0 Å². The van der Waals surface area contributed by atoms with Crippen molar-refractivity contribution in [2.75, 3.05) is 14.2 Å². The third kappa shape index (κ3) is 2.61. The smallest absolute Gasteiger partial charge is 0.161 e. The number of fused-ring (bicyclic) bond motifs is 2. The van der Waals surface area contributed by atoms with Gasteiger partial charge in [0.25, 0.3) is 0 Å². The minimum Gasteiger partial charge on any atom is -0.493 e. The van der Waals surface area contributed by atoms with Crippen LogP contribution in [-0.4, -0.2) is 36.6 Å². The van der Waals surface area contributed by atoms with Gasteiger partial charge in [0.15, 0.2) is 11.5 Å². The second kappa shape index (κ2) is 5.82. The number of rotatable bonds is 4. The van der Waals surface area contributed by atoms with E-state index in [0.717, 1.165) is 30.9 Å². The highest BCUT2D eigenvalue weighted by molar-refractivity contribution is 6.20. The third-order valence-electron chi connectivity index (χ3n) is 4.64. The Balaban J connectivity index is 1.75. The highest BCUT2D eigenvalue weighted by atomic mass is 35.5. The summed E-state index contributed by atoms with van der Waals surface area (Å²) in [6.45, 7) is 0.985. The quantitative estimate of drug-likeness (QED) is 0.794. The molecule has 0 radical (unpaired) electrons. The average molecular weight is 296 g/mol. The van der Waals surface area contributed by atoms with E-state index in [2.05, 4.69) is 17.0 Å². The highest BCUT2D eigenvalue weighted by Crippen LogP contribution is 2.39. The minimum absolute atomic E-state index is 0.370. The normalized spacial score (nSPS) is 29.4. The summed E-state index contributed by atoms with van der Waals surface area (Å²) in [5.74, 6) is 1.60. The standard InChI is InChI=1S/C16H22ClNO2/c1-19-15-6-3-11(7-16(15)20-2)10-18-13-4-5-14(18)9-12(17)8-13/h3,6-7,12-14H,4-5,8-10H2,1-2H3. The Kier molecular flexibility index (Phi) is 4.08. The maximum absolute atomic E-state index is 6.34. The summed E-state index contributed by atoms with van der Waals surface area (Å²) in [7, 11) is 3.35. The molecule has 3 rings (SSSR count). The largest absolute Gasteiger partial charge is 0.493 e. The van der Waals surface area contributed by atoms with Gasteiger partial charge >= 0.3 is 0 Å². The number of nitrogens with zero attached hydrogens (tertiary/aromatic N) is 1. The van der Waals surface area contributed by atoms with Crippen molar-refractivity contribution in [2.24, 2.45) is 0 Å². The van der Waals surface area contributed by atoms with Crippen molar-refractivity contribution >= 4 is 11.6 Å². The molecule has 2 heterocycles. The molecule has 0 N–H and O–H groups in total. The second-order valence-corrected chi connectivity index (χ2v) is 6.43. The van der Waals surface area contributed by atoms with Crippen LogP contribution in [0.1, 0.15) is 31.2 Å². The Morgan fingerprint density at radius 1 is 1.10 bits per heavy atom. The van der Waals surface area contributed by atoms with Gasteiger partial charge in [0.2, 0.25) is 0 Å². The molecule has 2 bridgehead atoms. The van der Waals surface area contributed by atoms with E-state index in [-0.39, 0.29) is 0 Å². The zero-order valence-corrected chi connectivity index (χ0v) is 12.9. The van der Waals surface area contributed by atoms with Crippen molar-refractivity contribution < 1.29 is 9.47 Å². The zero-order valence-electron chi connectivity index (χ0n) is 12.1. The molecule has 2 unspecified atom stereocenters. The van der Waals surface area contributed by atoms with Crippen molar-refractivity contribution in [3.05, 3.63) is 23.8 Å². The lowest BCUT2D eigenvalue weighted by atomic mass is 10.0. The van der Waals surface area contributed by atoms with E-state index in [0.29, 0.717) is 17.5 Å². The maximum atomic E-state index is 6.34. The van der Waals surface area contributed by atoms with Crippen LogP contribution in [0, 0.1) is 0 Å². The summed E-state index contributed by atoms with van der Waals surface area (Å²) in [5, 5.41) is 0.370. The highest BCUT2D eigenvalue weighted by Gasteiger charge is 2.39. The lowest BCUT2D eigenvalue weighted by molar-refractivity contribution is 0.134. The van der Waals surface area contributed by atoms with E-state index in [1.165, 1.54) is 18.4 Å². The lowest BCUT2D eigenvalue weighted by Crippen LogP contribution is -2.42. The molecule has 1 aromatic carbocycles. The number of halogens is 1. The number of methoxy groups -OCH3 is 2. The molecule has 2 saturated heterocycles. The summed E-state index contributed by atoms with van der Waals surface area (Å²) in [6.07, 6.45) is 4.85. The second-order valence-electron chi connectivity index (χ2n) is 5.82. The molecule has 0 amide bonds. The first kappa shape index (κ1) is 14.0. The molecular formula is C16H22ClNO2. The molecule has 0 aromatic heterocycles. The van der Waals surface area contributed by atoms with E-state index < -0.39 is 0 Å². The van der Waals surface area contributed by atoms with Gasteiger partial charge in [-0.25, -0.2) is 0 Å². The monoisotopic (exact) mass is 295 g/mol. The first-order valence-electron chi connectivity index (χ1n) is 7.32. The van der Waals surface area contributed by atoms with Gasteiger partial charge in [0.05, 0.1) is 14.2 Å². The van der Waals surface area contributed by atoms with Crippen LogP contribution < -0.4 is 9.47 Å². The molecule has 20 heavy (non-hydrogen) atoms. The topological polar surface area (TPSA) is 21.7 Å². The van der Waals surface area contributed by atoms with Crippen molar-refractivity contribution in [1.82, 2.24) is 4.90 Å². The Hall–Kier alpha value is -0.930. The molecule has 2 aliphatic rings. The van der Waals surface area contributed by atoms with Gasteiger partial charge in [-0.3, -0.25) is 4.90 Å². The van der Waals surface area contributed by atoms with Gasteiger partial charge < -0.3 is 9.47 Å². The number of ether oxygens (including phenoxy) is 2. The summed E-state index contributed by atoms with van der Waals surface area (Å²) < 4.78 is 10.7. The number of alkyl halides is 1. The molecule has 0 aliphatic carbocycles. The third-order valence-corrected chi connectivity index (χ3v) is 5.00. The van der Waals surface area contributed by atoms with Gasteiger partial charge in [0, 0.05) is 24.0 Å². The fraction of sp³-hybridized carbons (Fsp3) is 0.625. The molecule has 2 aliphatic heterocycles. The predicted octanol–water partition coefficient (Wildman–Crippen LogP) is 3.44. The van der Waals surface area contributed by atoms with Gasteiger partial charge in [-0.2, -0.15) is 0 Å². The Morgan fingerprint density at radius 2 is 1.75 bits per heavy atom. The van der Waals surface area contributed by atoms with Gasteiger partial charge in [-0.1, -0.05) is 6.07 Å². The van der Waals surface area contributed by atoms with Crippen LogP contribution in [0.3, 0.4) is 0 Å². The minimum atomic E-state index is 0.370. The van der Waals surface area contributed by atoms with E-state index >= 15 is 0 Å². The summed E-state index contributed by atoms with van der Waals surface area (Å²) in [4.78, 5) is 2.63. The van der Waals surface area contributed by atoms with Crippen LogP contribution in [-0.2, 0) is 6.54 Å². The predicted molar refractivity (Wildman–Crippen MR) is 80.8 cm³/mol. The lowest BCUT2D eigenvalue weighted by Gasteiger charge is -2.37.